The molecule has 0 atom stereocenters. The van der Waals surface area contributed by atoms with E-state index in [0.717, 1.165) is 18.7 Å². The van der Waals surface area contributed by atoms with Gasteiger partial charge in [-0.1, -0.05) is 42.3 Å². The quantitative estimate of drug-likeness (QED) is 0.602. The predicted octanol–water partition coefficient (Wildman–Crippen LogP) is 3.10. The Kier molecular flexibility index (Phi) is 6.16. The van der Waals surface area contributed by atoms with Gasteiger partial charge >= 0.3 is 0 Å². The van der Waals surface area contributed by atoms with Gasteiger partial charge in [-0.2, -0.15) is 0 Å². The Labute approximate surface area is 180 Å². The summed E-state index contributed by atoms with van der Waals surface area (Å²) in [5.74, 6) is 2.89. The Hall–Kier alpha value is -3.82. The van der Waals surface area contributed by atoms with Crippen molar-refractivity contribution in [1.82, 2.24) is 10.2 Å². The number of carbonyl (C=O) groups is 1. The van der Waals surface area contributed by atoms with Gasteiger partial charge < -0.3 is 14.5 Å². The lowest BCUT2D eigenvalue weighted by Gasteiger charge is -2.14. The molecule has 1 aliphatic heterocycles. The average molecular weight is 414 g/mol. The molecule has 0 unspecified atom stereocenters. The molecule has 2 heterocycles. The van der Waals surface area contributed by atoms with E-state index in [-0.39, 0.29) is 30.2 Å². The fraction of sp³-hybridized carbons (Fsp3) is 0.200. The number of hydrogen-bond acceptors (Lipinski definition) is 5. The molecule has 0 radical (unpaired) electrons. The summed E-state index contributed by atoms with van der Waals surface area (Å²) in [5.41, 5.74) is 3.73. The highest BCUT2D eigenvalue weighted by Crippen LogP contribution is 2.24. The Morgan fingerprint density at radius 1 is 1.13 bits per heavy atom. The number of benzene rings is 2. The van der Waals surface area contributed by atoms with Gasteiger partial charge in [-0.05, 0) is 28.8 Å². The summed E-state index contributed by atoms with van der Waals surface area (Å²) in [6.45, 7) is 2.62. The van der Waals surface area contributed by atoms with Crippen LogP contribution in [0.5, 0.6) is 5.75 Å². The lowest BCUT2D eigenvalue weighted by Crippen LogP contribution is -2.23. The second-order valence-corrected chi connectivity index (χ2v) is 7.36. The molecule has 0 saturated heterocycles. The maximum atomic E-state index is 12.4. The van der Waals surface area contributed by atoms with E-state index in [4.69, 9.17) is 15.6 Å². The molecule has 0 aliphatic carbocycles. The van der Waals surface area contributed by atoms with Crippen molar-refractivity contribution in [3.63, 3.8) is 0 Å². The Morgan fingerprint density at radius 2 is 1.84 bits per heavy atom. The molecule has 0 saturated carbocycles. The molecular weight excluding hydrogens is 392 g/mol. The molecule has 4 rings (SSSR count). The Morgan fingerprint density at radius 3 is 2.48 bits per heavy atom. The first-order valence-electron chi connectivity index (χ1n) is 9.96. The molecule has 1 aromatic heterocycles. The van der Waals surface area contributed by atoms with Crippen LogP contribution in [0.25, 0.3) is 0 Å². The number of nitrogens with one attached hydrogen (secondary N) is 1. The molecule has 6 nitrogen and oxygen atoms in total. The minimum Gasteiger partial charge on any atom is -0.482 e. The van der Waals surface area contributed by atoms with Crippen molar-refractivity contribution < 1.29 is 13.9 Å². The van der Waals surface area contributed by atoms with E-state index in [0.29, 0.717) is 17.9 Å². The molecule has 0 fully saturated rings. The van der Waals surface area contributed by atoms with Gasteiger partial charge in [-0.3, -0.25) is 14.5 Å². The summed E-state index contributed by atoms with van der Waals surface area (Å²) in [6, 6.07) is 16.7. The topological polar surface area (TPSA) is 71.8 Å². The molecular formula is C25H22N2O4. The Bertz CT molecular complexity index is 1150. The summed E-state index contributed by atoms with van der Waals surface area (Å²) >= 11 is 0. The summed E-state index contributed by atoms with van der Waals surface area (Å²) in [6.07, 6.45) is 6.50. The second-order valence-electron chi connectivity index (χ2n) is 7.36. The smallest absolute Gasteiger partial charge is 0.252 e. The first kappa shape index (κ1) is 20.5. The maximum absolute atomic E-state index is 12.4. The van der Waals surface area contributed by atoms with Gasteiger partial charge in [0.2, 0.25) is 11.2 Å². The molecule has 2 aromatic carbocycles. The van der Waals surface area contributed by atoms with Crippen molar-refractivity contribution >= 4 is 5.91 Å². The van der Waals surface area contributed by atoms with Gasteiger partial charge in [0.1, 0.15) is 18.6 Å². The summed E-state index contributed by atoms with van der Waals surface area (Å²) in [7, 11) is 0. The van der Waals surface area contributed by atoms with Gasteiger partial charge in [0.25, 0.3) is 5.91 Å². The van der Waals surface area contributed by atoms with Gasteiger partial charge in [0.15, 0.2) is 0 Å². The van der Waals surface area contributed by atoms with Crippen LogP contribution in [-0.2, 0) is 26.2 Å². The summed E-state index contributed by atoms with van der Waals surface area (Å²) < 4.78 is 11.3. The first-order valence-corrected chi connectivity index (χ1v) is 9.96. The number of carbonyl (C=O) groups excluding carboxylic acids is 1. The van der Waals surface area contributed by atoms with E-state index in [1.54, 1.807) is 24.3 Å². The van der Waals surface area contributed by atoms with E-state index in [1.807, 2.05) is 12.1 Å². The fourth-order valence-corrected chi connectivity index (χ4v) is 3.51. The van der Waals surface area contributed by atoms with Crippen molar-refractivity contribution in [1.29, 1.82) is 0 Å². The SMILES string of the molecule is C#CCNC(=O)c1ccc(COc2coc(CN3Cc4ccccc4C3)cc2=O)cc1. The molecule has 0 bridgehead atoms. The van der Waals surface area contributed by atoms with E-state index >= 15 is 0 Å². The highest BCUT2D eigenvalue weighted by Gasteiger charge is 2.19. The molecule has 31 heavy (non-hydrogen) atoms. The van der Waals surface area contributed by atoms with Gasteiger partial charge in [-0.25, -0.2) is 0 Å². The lowest BCUT2D eigenvalue weighted by atomic mass is 10.1. The molecule has 1 amide bonds. The maximum Gasteiger partial charge on any atom is 0.252 e. The fourth-order valence-electron chi connectivity index (χ4n) is 3.51. The van der Waals surface area contributed by atoms with Crippen LogP contribution in [0.15, 0.2) is 70.1 Å². The highest BCUT2D eigenvalue weighted by atomic mass is 16.5. The van der Waals surface area contributed by atoms with E-state index < -0.39 is 0 Å². The van der Waals surface area contributed by atoms with Crippen molar-refractivity contribution in [2.24, 2.45) is 0 Å². The lowest BCUT2D eigenvalue weighted by molar-refractivity contribution is 0.0958. The van der Waals surface area contributed by atoms with Gasteiger partial charge in [0, 0.05) is 24.7 Å². The molecule has 156 valence electrons. The van der Waals surface area contributed by atoms with Gasteiger partial charge in [-0.15, -0.1) is 6.42 Å². The molecule has 6 heteroatoms. The van der Waals surface area contributed by atoms with E-state index in [1.165, 1.54) is 23.5 Å². The zero-order valence-corrected chi connectivity index (χ0v) is 17.0. The van der Waals surface area contributed by atoms with E-state index in [9.17, 15) is 9.59 Å². The zero-order chi connectivity index (χ0) is 21.6. The van der Waals surface area contributed by atoms with Gasteiger partial charge in [0.05, 0.1) is 13.1 Å². The monoisotopic (exact) mass is 414 g/mol. The van der Waals surface area contributed by atoms with Crippen LogP contribution in [0, 0.1) is 12.3 Å². The third kappa shape index (κ3) is 5.03. The van der Waals surface area contributed by atoms with Crippen LogP contribution >= 0.6 is 0 Å². The van der Waals surface area contributed by atoms with Crippen LogP contribution in [0.3, 0.4) is 0 Å². The third-order valence-electron chi connectivity index (χ3n) is 5.10. The number of terminal acetylenes is 1. The first-order chi connectivity index (χ1) is 15.1. The predicted molar refractivity (Wildman–Crippen MR) is 116 cm³/mol. The minimum atomic E-state index is -0.234. The van der Waals surface area contributed by atoms with Crippen molar-refractivity contribution in [3.05, 3.63) is 99.1 Å². The van der Waals surface area contributed by atoms with Crippen LogP contribution in [0.4, 0.5) is 0 Å². The second kappa shape index (κ2) is 9.33. The van der Waals surface area contributed by atoms with Crippen molar-refractivity contribution in [3.8, 4) is 18.1 Å². The molecule has 1 N–H and O–H groups in total. The minimum absolute atomic E-state index is 0.157. The van der Waals surface area contributed by atoms with Crippen molar-refractivity contribution in [2.75, 3.05) is 6.54 Å². The number of nitrogens with zero attached hydrogens (tertiary/aromatic N) is 1. The summed E-state index contributed by atoms with van der Waals surface area (Å²) in [4.78, 5) is 26.5. The van der Waals surface area contributed by atoms with Crippen LogP contribution in [-0.4, -0.2) is 17.4 Å². The third-order valence-corrected chi connectivity index (χ3v) is 5.10. The molecule has 1 aliphatic rings. The van der Waals surface area contributed by atoms with Crippen molar-refractivity contribution in [2.45, 2.75) is 26.2 Å². The highest BCUT2D eigenvalue weighted by molar-refractivity contribution is 5.94. The number of amides is 1. The normalized spacial score (nSPS) is 12.7. The van der Waals surface area contributed by atoms with Crippen LogP contribution in [0.2, 0.25) is 0 Å². The Balaban J connectivity index is 1.32. The average Bonchev–Trinajstić information content (AvgIpc) is 3.19. The number of rotatable bonds is 7. The number of fused-ring (bicyclic) bond motifs is 1. The standard InChI is InChI=1S/C25H22N2O4/c1-2-11-26-25(29)19-9-7-18(8-10-19)16-31-24-17-30-22(12-23(24)28)15-27-13-20-5-3-4-6-21(20)14-27/h1,3-10,12,17H,11,13-16H2,(H,26,29). The summed E-state index contributed by atoms with van der Waals surface area (Å²) in [5, 5.41) is 2.61. The van der Waals surface area contributed by atoms with Crippen LogP contribution in [0.1, 0.15) is 32.8 Å². The largest absolute Gasteiger partial charge is 0.482 e. The number of ether oxygens (including phenoxy) is 1. The molecule has 0 spiro atoms. The molecule has 3 aromatic rings. The van der Waals surface area contributed by atoms with Crippen LogP contribution < -0.4 is 15.5 Å². The van der Waals surface area contributed by atoms with E-state index in [2.05, 4.69) is 28.3 Å². The zero-order valence-electron chi connectivity index (χ0n) is 17.0. The number of hydrogen-bond donors (Lipinski definition) is 1.